The maximum absolute atomic E-state index is 2.36. The highest BCUT2D eigenvalue weighted by atomic mass is 14.3. The van der Waals surface area contributed by atoms with Crippen LogP contribution in [0.1, 0.15) is 22.3 Å². The van der Waals surface area contributed by atoms with Crippen molar-refractivity contribution in [1.29, 1.82) is 0 Å². The summed E-state index contributed by atoms with van der Waals surface area (Å²) in [4.78, 5) is 0. The van der Waals surface area contributed by atoms with Crippen molar-refractivity contribution in [3.8, 4) is 33.4 Å². The molecule has 4 aromatic rings. The van der Waals surface area contributed by atoms with Gasteiger partial charge < -0.3 is 0 Å². The molecule has 4 aromatic carbocycles. The summed E-state index contributed by atoms with van der Waals surface area (Å²) >= 11 is 0. The Kier molecular flexibility index (Phi) is 3.72. The minimum atomic E-state index is 1.000. The van der Waals surface area contributed by atoms with Crippen LogP contribution in [-0.4, -0.2) is 0 Å². The Bertz CT molecular complexity index is 1040. The molecule has 0 N–H and O–H groups in total. The van der Waals surface area contributed by atoms with Gasteiger partial charge in [0.25, 0.3) is 0 Å². The Morgan fingerprint density at radius 2 is 0.852 bits per heavy atom. The molecule has 0 fully saturated rings. The van der Waals surface area contributed by atoms with E-state index in [1.54, 1.807) is 0 Å². The third-order valence-electron chi connectivity index (χ3n) is 5.60. The molecule has 0 atom stereocenters. The average molecular weight is 346 g/mol. The fourth-order valence-electron chi connectivity index (χ4n) is 4.42. The first-order valence-corrected chi connectivity index (χ1v) is 9.59. The quantitative estimate of drug-likeness (QED) is 0.317. The van der Waals surface area contributed by atoms with Gasteiger partial charge in [0.2, 0.25) is 0 Å². The van der Waals surface area contributed by atoms with Crippen molar-refractivity contribution in [2.45, 2.75) is 20.3 Å². The topological polar surface area (TPSA) is 0 Å². The zero-order valence-corrected chi connectivity index (χ0v) is 15.8. The second-order valence-electron chi connectivity index (χ2n) is 7.59. The zero-order valence-electron chi connectivity index (χ0n) is 15.8. The first-order chi connectivity index (χ1) is 13.2. The van der Waals surface area contributed by atoms with E-state index < -0.39 is 0 Å². The standard InChI is InChI=1S/C27H22/c1-18-13-22(20-9-5-3-6-10-20)26-17-27-23(21-11-7-4-8-12-21)14-19(2)16-25(27)24(26)15-18/h3-16H,17H2,1-2H3. The fraction of sp³-hybridized carbons (Fsp3) is 0.111. The van der Waals surface area contributed by atoms with Gasteiger partial charge in [-0.1, -0.05) is 84.9 Å². The minimum Gasteiger partial charge on any atom is -0.0622 e. The van der Waals surface area contributed by atoms with Crippen molar-refractivity contribution in [3.05, 3.63) is 107 Å². The lowest BCUT2D eigenvalue weighted by Gasteiger charge is -2.11. The van der Waals surface area contributed by atoms with Crippen molar-refractivity contribution in [2.24, 2.45) is 0 Å². The van der Waals surface area contributed by atoms with Crippen LogP contribution >= 0.6 is 0 Å². The molecule has 0 aromatic heterocycles. The van der Waals surface area contributed by atoms with E-state index in [0.29, 0.717) is 0 Å². The molecule has 0 saturated carbocycles. The molecule has 1 aliphatic rings. The molecule has 27 heavy (non-hydrogen) atoms. The maximum atomic E-state index is 2.36. The van der Waals surface area contributed by atoms with Crippen LogP contribution in [0, 0.1) is 13.8 Å². The number of aryl methyl sites for hydroxylation is 2. The van der Waals surface area contributed by atoms with E-state index in [2.05, 4.69) is 98.8 Å². The normalized spacial score (nSPS) is 11.9. The van der Waals surface area contributed by atoms with Gasteiger partial charge in [0.05, 0.1) is 0 Å². The van der Waals surface area contributed by atoms with Crippen LogP contribution in [0.4, 0.5) is 0 Å². The maximum Gasteiger partial charge on any atom is -0.000111 e. The summed E-state index contributed by atoms with van der Waals surface area (Å²) in [5.41, 5.74) is 13.7. The van der Waals surface area contributed by atoms with Crippen LogP contribution in [0.5, 0.6) is 0 Å². The molecule has 1 aliphatic carbocycles. The summed E-state index contributed by atoms with van der Waals surface area (Å²) in [6.45, 7) is 4.41. The van der Waals surface area contributed by atoms with Crippen LogP contribution < -0.4 is 0 Å². The van der Waals surface area contributed by atoms with Gasteiger partial charge in [0.15, 0.2) is 0 Å². The van der Waals surface area contributed by atoms with E-state index in [1.165, 1.54) is 55.6 Å². The van der Waals surface area contributed by atoms with E-state index in [-0.39, 0.29) is 0 Å². The molecule has 130 valence electrons. The van der Waals surface area contributed by atoms with Gasteiger partial charge in [-0.05, 0) is 75.9 Å². The van der Waals surface area contributed by atoms with Gasteiger partial charge in [0.1, 0.15) is 0 Å². The Morgan fingerprint density at radius 1 is 0.481 bits per heavy atom. The number of fused-ring (bicyclic) bond motifs is 3. The van der Waals surface area contributed by atoms with Crippen molar-refractivity contribution < 1.29 is 0 Å². The Labute approximate surface area is 161 Å². The SMILES string of the molecule is Cc1cc(-c2ccccc2)c2c(c1)-c1cc(C)cc(-c3ccccc3)c1C2. The molecule has 0 saturated heterocycles. The van der Waals surface area contributed by atoms with Crippen LogP contribution in [0.25, 0.3) is 33.4 Å². The van der Waals surface area contributed by atoms with Crippen LogP contribution in [0.2, 0.25) is 0 Å². The second-order valence-corrected chi connectivity index (χ2v) is 7.59. The Hall–Kier alpha value is -3.12. The molecule has 0 amide bonds. The van der Waals surface area contributed by atoms with Gasteiger partial charge in [-0.15, -0.1) is 0 Å². The van der Waals surface area contributed by atoms with Gasteiger partial charge in [-0.3, -0.25) is 0 Å². The molecule has 0 aliphatic heterocycles. The zero-order chi connectivity index (χ0) is 18.4. The second kappa shape index (κ2) is 6.25. The monoisotopic (exact) mass is 346 g/mol. The smallest absolute Gasteiger partial charge is 0.000111 e. The van der Waals surface area contributed by atoms with Crippen LogP contribution in [0.3, 0.4) is 0 Å². The first-order valence-electron chi connectivity index (χ1n) is 9.59. The molecule has 0 unspecified atom stereocenters. The van der Waals surface area contributed by atoms with Crippen LogP contribution in [-0.2, 0) is 6.42 Å². The first kappa shape index (κ1) is 16.1. The van der Waals surface area contributed by atoms with Crippen molar-refractivity contribution in [3.63, 3.8) is 0 Å². The van der Waals surface area contributed by atoms with Crippen molar-refractivity contribution in [2.75, 3.05) is 0 Å². The fourth-order valence-corrected chi connectivity index (χ4v) is 4.42. The van der Waals surface area contributed by atoms with Gasteiger partial charge in [0, 0.05) is 0 Å². The largest absolute Gasteiger partial charge is 0.0622 e. The lowest BCUT2D eigenvalue weighted by Crippen LogP contribution is -1.91. The summed E-state index contributed by atoms with van der Waals surface area (Å²) < 4.78 is 0. The molecular weight excluding hydrogens is 324 g/mol. The molecule has 0 nitrogen and oxygen atoms in total. The third-order valence-corrected chi connectivity index (χ3v) is 5.60. The van der Waals surface area contributed by atoms with Gasteiger partial charge in [-0.25, -0.2) is 0 Å². The van der Waals surface area contributed by atoms with Crippen molar-refractivity contribution >= 4 is 0 Å². The molecule has 0 heterocycles. The van der Waals surface area contributed by atoms with E-state index in [4.69, 9.17) is 0 Å². The lowest BCUT2D eigenvalue weighted by atomic mass is 9.93. The highest BCUT2D eigenvalue weighted by Crippen LogP contribution is 2.46. The Morgan fingerprint density at radius 3 is 1.26 bits per heavy atom. The summed E-state index contributed by atoms with van der Waals surface area (Å²) in [5, 5.41) is 0. The lowest BCUT2D eigenvalue weighted by molar-refractivity contribution is 1.25. The summed E-state index contributed by atoms with van der Waals surface area (Å²) in [6, 6.07) is 31.0. The van der Waals surface area contributed by atoms with E-state index in [1.807, 2.05) is 0 Å². The van der Waals surface area contributed by atoms with Gasteiger partial charge >= 0.3 is 0 Å². The third kappa shape index (κ3) is 2.69. The number of benzene rings is 4. The van der Waals surface area contributed by atoms with Crippen molar-refractivity contribution in [1.82, 2.24) is 0 Å². The predicted octanol–water partition coefficient (Wildman–Crippen LogP) is 7.21. The molecular formula is C27H22. The number of rotatable bonds is 2. The summed E-state index contributed by atoms with van der Waals surface area (Å²) in [7, 11) is 0. The predicted molar refractivity (Wildman–Crippen MR) is 115 cm³/mol. The molecule has 0 heteroatoms. The van der Waals surface area contributed by atoms with E-state index in [9.17, 15) is 0 Å². The highest BCUT2D eigenvalue weighted by molar-refractivity contribution is 5.90. The molecule has 0 bridgehead atoms. The average Bonchev–Trinajstić information content (AvgIpc) is 3.06. The van der Waals surface area contributed by atoms with E-state index in [0.717, 1.165) is 6.42 Å². The summed E-state index contributed by atoms with van der Waals surface area (Å²) in [6.07, 6.45) is 1.000. The van der Waals surface area contributed by atoms with Gasteiger partial charge in [-0.2, -0.15) is 0 Å². The number of hydrogen-bond donors (Lipinski definition) is 0. The molecule has 5 rings (SSSR count). The minimum absolute atomic E-state index is 1.000. The van der Waals surface area contributed by atoms with E-state index >= 15 is 0 Å². The Balaban J connectivity index is 1.76. The van der Waals surface area contributed by atoms with Crippen LogP contribution in [0.15, 0.2) is 84.9 Å². The molecule has 0 radical (unpaired) electrons. The molecule has 0 spiro atoms. The highest BCUT2D eigenvalue weighted by Gasteiger charge is 2.25. The number of hydrogen-bond acceptors (Lipinski definition) is 0. The summed E-state index contributed by atoms with van der Waals surface area (Å²) in [5.74, 6) is 0.